The topological polar surface area (TPSA) is 32.3 Å². The van der Waals surface area contributed by atoms with Crippen LogP contribution in [0.3, 0.4) is 0 Å². The number of rotatable bonds is 2. The normalized spacial score (nSPS) is 26.0. The zero-order chi connectivity index (χ0) is 14.2. The minimum atomic E-state index is 0.682. The first-order valence-electron chi connectivity index (χ1n) is 7.67. The van der Waals surface area contributed by atoms with Gasteiger partial charge in [0, 0.05) is 30.7 Å². The molecule has 4 nitrogen and oxygen atoms in total. The third-order valence-electron chi connectivity index (χ3n) is 4.85. The molecule has 21 heavy (non-hydrogen) atoms. The average molecular weight is 300 g/mol. The van der Waals surface area contributed by atoms with Gasteiger partial charge in [0.15, 0.2) is 0 Å². The number of anilines is 1. The van der Waals surface area contributed by atoms with Crippen molar-refractivity contribution in [1.29, 1.82) is 0 Å². The average Bonchev–Trinajstić information content (AvgIpc) is 3.06. The van der Waals surface area contributed by atoms with Gasteiger partial charge in [-0.3, -0.25) is 4.90 Å². The fourth-order valence-electron chi connectivity index (χ4n) is 3.52. The molecule has 0 aliphatic carbocycles. The molecule has 0 N–H and O–H groups in total. The van der Waals surface area contributed by atoms with Crippen LogP contribution in [0.5, 0.6) is 0 Å². The van der Waals surface area contributed by atoms with Crippen LogP contribution in [-0.2, 0) is 0 Å². The zero-order valence-electron chi connectivity index (χ0n) is 12.3. The molecule has 4 rings (SSSR count). The first-order valence-corrected chi connectivity index (χ1v) is 8.49. The van der Waals surface area contributed by atoms with Gasteiger partial charge in [-0.1, -0.05) is 41.7 Å². The third-order valence-corrected chi connectivity index (χ3v) is 5.89. The van der Waals surface area contributed by atoms with Crippen molar-refractivity contribution in [2.45, 2.75) is 31.3 Å². The molecule has 0 radical (unpaired) electrons. The van der Waals surface area contributed by atoms with Gasteiger partial charge >= 0.3 is 0 Å². The Bertz CT molecular complexity index is 612. The summed E-state index contributed by atoms with van der Waals surface area (Å²) in [6.07, 6.45) is 3.93. The van der Waals surface area contributed by atoms with E-state index in [1.54, 1.807) is 11.3 Å². The Morgan fingerprint density at radius 2 is 1.86 bits per heavy atom. The predicted octanol–water partition coefficient (Wildman–Crippen LogP) is 2.88. The summed E-state index contributed by atoms with van der Waals surface area (Å²) in [5, 5.41) is 10.9. The maximum atomic E-state index is 4.44. The maximum Gasteiger partial charge on any atom is 0.208 e. The number of hydrogen-bond donors (Lipinski definition) is 0. The maximum absolute atomic E-state index is 4.44. The van der Waals surface area contributed by atoms with Crippen molar-refractivity contribution in [3.63, 3.8) is 0 Å². The van der Waals surface area contributed by atoms with Gasteiger partial charge in [-0.25, -0.2) is 0 Å². The Labute approximate surface area is 129 Å². The third kappa shape index (κ3) is 2.45. The molecule has 1 aromatic heterocycles. The predicted molar refractivity (Wildman–Crippen MR) is 86.7 cm³/mol. The highest BCUT2D eigenvalue weighted by atomic mass is 32.1. The summed E-state index contributed by atoms with van der Waals surface area (Å²) in [4.78, 5) is 5.00. The molecule has 2 saturated heterocycles. The van der Waals surface area contributed by atoms with E-state index in [0.717, 1.165) is 34.8 Å². The lowest BCUT2D eigenvalue weighted by molar-refractivity contribution is 0.254. The SMILES string of the molecule is CN1[C@H]2CC[C@H]1CN(c1nnc(-c3ccccc3)s1)CC2. The van der Waals surface area contributed by atoms with Crippen molar-refractivity contribution in [1.82, 2.24) is 15.1 Å². The molecule has 0 saturated carbocycles. The molecule has 5 heteroatoms. The molecule has 0 unspecified atom stereocenters. The van der Waals surface area contributed by atoms with E-state index in [1.165, 1.54) is 19.3 Å². The molecule has 0 amide bonds. The van der Waals surface area contributed by atoms with E-state index in [1.807, 2.05) is 6.07 Å². The van der Waals surface area contributed by atoms with Gasteiger partial charge in [0.2, 0.25) is 5.13 Å². The van der Waals surface area contributed by atoms with Crippen molar-refractivity contribution in [3.8, 4) is 10.6 Å². The summed E-state index contributed by atoms with van der Waals surface area (Å²) in [6, 6.07) is 11.8. The van der Waals surface area contributed by atoms with E-state index in [9.17, 15) is 0 Å². The highest BCUT2D eigenvalue weighted by Gasteiger charge is 2.35. The van der Waals surface area contributed by atoms with Gasteiger partial charge in [0.1, 0.15) is 5.01 Å². The van der Waals surface area contributed by atoms with Crippen molar-refractivity contribution in [3.05, 3.63) is 30.3 Å². The van der Waals surface area contributed by atoms with Gasteiger partial charge < -0.3 is 4.90 Å². The quantitative estimate of drug-likeness (QED) is 0.853. The number of nitrogens with zero attached hydrogens (tertiary/aromatic N) is 4. The number of hydrogen-bond acceptors (Lipinski definition) is 5. The van der Waals surface area contributed by atoms with Gasteiger partial charge in [0.05, 0.1) is 0 Å². The number of benzene rings is 1. The van der Waals surface area contributed by atoms with E-state index < -0.39 is 0 Å². The molecule has 110 valence electrons. The molecule has 2 aromatic rings. The summed E-state index contributed by atoms with van der Waals surface area (Å²) in [6.45, 7) is 2.20. The van der Waals surface area contributed by atoms with Crippen LogP contribution in [0.4, 0.5) is 5.13 Å². The first-order chi connectivity index (χ1) is 10.3. The van der Waals surface area contributed by atoms with Crippen LogP contribution in [0.25, 0.3) is 10.6 Å². The van der Waals surface area contributed by atoms with Crippen LogP contribution >= 0.6 is 11.3 Å². The van der Waals surface area contributed by atoms with Crippen molar-refractivity contribution in [2.24, 2.45) is 0 Å². The number of likely N-dealkylation sites (N-methyl/N-ethyl adjacent to an activating group) is 1. The minimum Gasteiger partial charge on any atom is -0.345 e. The van der Waals surface area contributed by atoms with Crippen molar-refractivity contribution in [2.75, 3.05) is 25.0 Å². The standard InChI is InChI=1S/C16H20N4S/c1-19-13-7-8-14(19)11-20(10-9-13)16-18-17-15(21-16)12-5-3-2-4-6-12/h2-6,13-14H,7-11H2,1H3/t13-,14-/m0/s1. The Morgan fingerprint density at radius 3 is 2.71 bits per heavy atom. The van der Waals surface area contributed by atoms with Gasteiger partial charge in [-0.05, 0) is 26.3 Å². The van der Waals surface area contributed by atoms with Crippen molar-refractivity contribution >= 4 is 16.5 Å². The highest BCUT2D eigenvalue weighted by molar-refractivity contribution is 7.18. The molecule has 2 fully saturated rings. The summed E-state index contributed by atoms with van der Waals surface area (Å²) < 4.78 is 0. The molecule has 2 aliphatic rings. The van der Waals surface area contributed by atoms with Crippen LogP contribution in [0.15, 0.2) is 30.3 Å². The molecular formula is C16H20N4S. The summed E-state index contributed by atoms with van der Waals surface area (Å²) >= 11 is 1.72. The van der Waals surface area contributed by atoms with E-state index in [-0.39, 0.29) is 0 Å². The molecule has 2 aliphatic heterocycles. The van der Waals surface area contributed by atoms with Gasteiger partial charge in [0.25, 0.3) is 0 Å². The Morgan fingerprint density at radius 1 is 1.05 bits per heavy atom. The second-order valence-corrected chi connectivity index (χ2v) is 7.00. The summed E-state index contributed by atoms with van der Waals surface area (Å²) in [5.41, 5.74) is 1.16. The van der Waals surface area contributed by atoms with Crippen molar-refractivity contribution < 1.29 is 0 Å². The second kappa shape index (κ2) is 5.39. The van der Waals surface area contributed by atoms with Crippen LogP contribution in [-0.4, -0.2) is 47.3 Å². The molecule has 2 atom stereocenters. The largest absolute Gasteiger partial charge is 0.345 e. The molecule has 0 spiro atoms. The molecule has 2 bridgehead atoms. The molecule has 1 aromatic carbocycles. The second-order valence-electron chi connectivity index (χ2n) is 6.04. The lowest BCUT2D eigenvalue weighted by Gasteiger charge is -2.24. The Hall–Kier alpha value is -1.46. The fourth-order valence-corrected chi connectivity index (χ4v) is 4.41. The van der Waals surface area contributed by atoms with Crippen LogP contribution in [0.2, 0.25) is 0 Å². The highest BCUT2D eigenvalue weighted by Crippen LogP contribution is 2.33. The van der Waals surface area contributed by atoms with Crippen LogP contribution in [0.1, 0.15) is 19.3 Å². The van der Waals surface area contributed by atoms with Gasteiger partial charge in [-0.15, -0.1) is 10.2 Å². The van der Waals surface area contributed by atoms with Gasteiger partial charge in [-0.2, -0.15) is 0 Å². The first kappa shape index (κ1) is 13.2. The number of aromatic nitrogens is 2. The smallest absolute Gasteiger partial charge is 0.208 e. The lowest BCUT2D eigenvalue weighted by Crippen LogP contribution is -2.36. The van der Waals surface area contributed by atoms with E-state index in [4.69, 9.17) is 0 Å². The number of fused-ring (bicyclic) bond motifs is 2. The van der Waals surface area contributed by atoms with E-state index in [2.05, 4.69) is 51.3 Å². The summed E-state index contributed by atoms with van der Waals surface area (Å²) in [5.74, 6) is 0. The minimum absolute atomic E-state index is 0.682. The lowest BCUT2D eigenvalue weighted by atomic mass is 10.1. The molecular weight excluding hydrogens is 280 g/mol. The Kier molecular flexibility index (Phi) is 3.39. The van der Waals surface area contributed by atoms with E-state index in [0.29, 0.717) is 6.04 Å². The molecule has 3 heterocycles. The van der Waals surface area contributed by atoms with Crippen LogP contribution in [0, 0.1) is 0 Å². The Balaban J connectivity index is 1.56. The summed E-state index contributed by atoms with van der Waals surface area (Å²) in [7, 11) is 2.28. The van der Waals surface area contributed by atoms with E-state index >= 15 is 0 Å². The van der Waals surface area contributed by atoms with Crippen LogP contribution < -0.4 is 4.90 Å². The zero-order valence-corrected chi connectivity index (χ0v) is 13.1. The monoisotopic (exact) mass is 300 g/mol. The fraction of sp³-hybridized carbons (Fsp3) is 0.500.